The molecule has 3 atom stereocenters. The first-order valence-corrected chi connectivity index (χ1v) is 6.77. The number of morpholine rings is 1. The van der Waals surface area contributed by atoms with Gasteiger partial charge in [0, 0.05) is 24.7 Å². The van der Waals surface area contributed by atoms with E-state index in [0.29, 0.717) is 18.2 Å². The summed E-state index contributed by atoms with van der Waals surface area (Å²) in [6.07, 6.45) is 2.69. The molecule has 2 aliphatic heterocycles. The van der Waals surface area contributed by atoms with Gasteiger partial charge in [-0.2, -0.15) is 0 Å². The zero-order chi connectivity index (χ0) is 12.5. The molecule has 2 fully saturated rings. The maximum atomic E-state index is 6.12. The van der Waals surface area contributed by atoms with Crippen LogP contribution in [-0.4, -0.2) is 55.0 Å². The van der Waals surface area contributed by atoms with Crippen LogP contribution in [-0.2, 0) is 9.47 Å². The summed E-state index contributed by atoms with van der Waals surface area (Å²) in [6, 6.07) is 0.463. The smallest absolute Gasteiger partial charge is 0.0620 e. The molecule has 100 valence electrons. The van der Waals surface area contributed by atoms with Crippen molar-refractivity contribution in [2.45, 2.75) is 57.4 Å². The lowest BCUT2D eigenvalue weighted by molar-refractivity contribution is -0.136. The highest BCUT2D eigenvalue weighted by atomic mass is 16.5. The molecule has 4 heteroatoms. The highest BCUT2D eigenvalue weighted by molar-refractivity contribution is 5.00. The van der Waals surface area contributed by atoms with Crippen molar-refractivity contribution < 1.29 is 9.47 Å². The van der Waals surface area contributed by atoms with Gasteiger partial charge < -0.3 is 15.2 Å². The molecule has 0 amide bonds. The normalized spacial score (nSPS) is 44.8. The van der Waals surface area contributed by atoms with Crippen molar-refractivity contribution in [3.8, 4) is 0 Å². The Balaban J connectivity index is 2.16. The molecule has 17 heavy (non-hydrogen) atoms. The van der Waals surface area contributed by atoms with Crippen molar-refractivity contribution >= 4 is 0 Å². The predicted molar refractivity (Wildman–Crippen MR) is 68.0 cm³/mol. The van der Waals surface area contributed by atoms with Gasteiger partial charge in [0.1, 0.15) is 0 Å². The van der Waals surface area contributed by atoms with Crippen LogP contribution in [0.4, 0.5) is 0 Å². The lowest BCUT2D eigenvalue weighted by Crippen LogP contribution is -2.64. The van der Waals surface area contributed by atoms with Gasteiger partial charge in [0.25, 0.3) is 0 Å². The molecule has 3 unspecified atom stereocenters. The minimum Gasteiger partial charge on any atom is -0.379 e. The first-order valence-electron chi connectivity index (χ1n) is 6.77. The lowest BCUT2D eigenvalue weighted by Gasteiger charge is -2.53. The monoisotopic (exact) mass is 242 g/mol. The van der Waals surface area contributed by atoms with Crippen LogP contribution in [0.1, 0.15) is 33.6 Å². The van der Waals surface area contributed by atoms with Gasteiger partial charge in [-0.05, 0) is 33.6 Å². The van der Waals surface area contributed by atoms with Crippen LogP contribution in [0.25, 0.3) is 0 Å². The lowest BCUT2D eigenvalue weighted by atomic mass is 9.81. The Labute approximate surface area is 104 Å². The zero-order valence-corrected chi connectivity index (χ0v) is 11.3. The molecule has 0 spiro atoms. The number of nitrogens with two attached hydrogens (primary N) is 1. The van der Waals surface area contributed by atoms with Gasteiger partial charge in [0.05, 0.1) is 25.4 Å². The maximum Gasteiger partial charge on any atom is 0.0620 e. The number of hydrogen-bond donors (Lipinski definition) is 1. The van der Waals surface area contributed by atoms with Crippen LogP contribution in [0.15, 0.2) is 0 Å². The summed E-state index contributed by atoms with van der Waals surface area (Å²) in [6.45, 7) is 9.92. The van der Waals surface area contributed by atoms with E-state index in [1.807, 2.05) is 0 Å². The molecule has 0 aromatic heterocycles. The maximum absolute atomic E-state index is 6.12. The molecule has 2 saturated heterocycles. The van der Waals surface area contributed by atoms with Crippen LogP contribution in [0.2, 0.25) is 0 Å². The van der Waals surface area contributed by atoms with E-state index in [1.54, 1.807) is 0 Å². The summed E-state index contributed by atoms with van der Waals surface area (Å²) >= 11 is 0. The van der Waals surface area contributed by atoms with E-state index in [1.165, 1.54) is 0 Å². The van der Waals surface area contributed by atoms with Crippen molar-refractivity contribution in [3.05, 3.63) is 0 Å². The largest absolute Gasteiger partial charge is 0.379 e. The zero-order valence-electron chi connectivity index (χ0n) is 11.3. The SMILES string of the molecule is CC1CC(CN)(N2CCOCC2C)CC(C)O1. The number of nitrogens with zero attached hydrogens (tertiary/aromatic N) is 1. The molecule has 0 saturated carbocycles. The summed E-state index contributed by atoms with van der Waals surface area (Å²) in [5, 5.41) is 0. The quantitative estimate of drug-likeness (QED) is 0.784. The van der Waals surface area contributed by atoms with Gasteiger partial charge in [-0.25, -0.2) is 0 Å². The molecule has 2 heterocycles. The Morgan fingerprint density at radius 2 is 1.88 bits per heavy atom. The van der Waals surface area contributed by atoms with Gasteiger partial charge in [-0.15, -0.1) is 0 Å². The third-order valence-corrected chi connectivity index (χ3v) is 4.16. The van der Waals surface area contributed by atoms with Gasteiger partial charge in [0.15, 0.2) is 0 Å². The van der Waals surface area contributed by atoms with E-state index < -0.39 is 0 Å². The van der Waals surface area contributed by atoms with E-state index in [4.69, 9.17) is 15.2 Å². The van der Waals surface area contributed by atoms with E-state index in [0.717, 1.165) is 39.1 Å². The third kappa shape index (κ3) is 2.65. The molecule has 0 aromatic rings. The molecule has 0 aromatic carbocycles. The summed E-state index contributed by atoms with van der Waals surface area (Å²) in [4.78, 5) is 2.56. The summed E-state index contributed by atoms with van der Waals surface area (Å²) in [5.74, 6) is 0. The van der Waals surface area contributed by atoms with Crippen molar-refractivity contribution in [1.82, 2.24) is 4.90 Å². The minimum absolute atomic E-state index is 0.111. The van der Waals surface area contributed by atoms with Crippen molar-refractivity contribution in [1.29, 1.82) is 0 Å². The number of ether oxygens (including phenoxy) is 2. The van der Waals surface area contributed by atoms with Crippen LogP contribution >= 0.6 is 0 Å². The summed E-state index contributed by atoms with van der Waals surface area (Å²) < 4.78 is 11.4. The minimum atomic E-state index is 0.111. The van der Waals surface area contributed by atoms with Crippen molar-refractivity contribution in [2.24, 2.45) is 5.73 Å². The molecular formula is C13H26N2O2. The first kappa shape index (κ1) is 13.3. The van der Waals surface area contributed by atoms with Gasteiger partial charge in [-0.3, -0.25) is 4.90 Å². The summed E-state index contributed by atoms with van der Waals surface area (Å²) in [7, 11) is 0. The Bertz CT molecular complexity index is 250. The molecular weight excluding hydrogens is 216 g/mol. The number of rotatable bonds is 2. The molecule has 0 aliphatic carbocycles. The van der Waals surface area contributed by atoms with Crippen molar-refractivity contribution in [2.75, 3.05) is 26.3 Å². The first-order chi connectivity index (χ1) is 8.07. The second-order valence-electron chi connectivity index (χ2n) is 5.71. The fourth-order valence-electron chi connectivity index (χ4n) is 3.60. The Morgan fingerprint density at radius 3 is 2.41 bits per heavy atom. The van der Waals surface area contributed by atoms with Crippen LogP contribution in [0.3, 0.4) is 0 Å². The molecule has 0 bridgehead atoms. The van der Waals surface area contributed by atoms with Crippen LogP contribution in [0.5, 0.6) is 0 Å². The van der Waals surface area contributed by atoms with Gasteiger partial charge in [-0.1, -0.05) is 0 Å². The highest BCUT2D eigenvalue weighted by Gasteiger charge is 2.44. The van der Waals surface area contributed by atoms with E-state index >= 15 is 0 Å². The topological polar surface area (TPSA) is 47.7 Å². The van der Waals surface area contributed by atoms with E-state index in [2.05, 4.69) is 25.7 Å². The fourth-order valence-corrected chi connectivity index (χ4v) is 3.60. The standard InChI is InChI=1S/C13H26N2O2/c1-10-8-16-5-4-15(10)13(9-14)6-11(2)17-12(3)7-13/h10-12H,4-9,14H2,1-3H3. The second-order valence-corrected chi connectivity index (χ2v) is 5.71. The Kier molecular flexibility index (Phi) is 4.08. The summed E-state index contributed by atoms with van der Waals surface area (Å²) in [5.41, 5.74) is 6.23. The predicted octanol–water partition coefficient (Wildman–Crippen LogP) is 0.992. The van der Waals surface area contributed by atoms with E-state index in [9.17, 15) is 0 Å². The van der Waals surface area contributed by atoms with Gasteiger partial charge >= 0.3 is 0 Å². The molecule has 2 aliphatic rings. The van der Waals surface area contributed by atoms with Crippen LogP contribution in [0, 0.1) is 0 Å². The third-order valence-electron chi connectivity index (χ3n) is 4.16. The molecule has 2 rings (SSSR count). The van der Waals surface area contributed by atoms with Crippen molar-refractivity contribution in [3.63, 3.8) is 0 Å². The second kappa shape index (κ2) is 5.22. The average Bonchev–Trinajstić information content (AvgIpc) is 2.28. The molecule has 0 radical (unpaired) electrons. The molecule has 2 N–H and O–H groups in total. The van der Waals surface area contributed by atoms with Gasteiger partial charge in [0.2, 0.25) is 0 Å². The van der Waals surface area contributed by atoms with E-state index in [-0.39, 0.29) is 5.54 Å². The Hall–Kier alpha value is -0.160. The van der Waals surface area contributed by atoms with Crippen LogP contribution < -0.4 is 5.73 Å². The average molecular weight is 242 g/mol. The number of hydrogen-bond acceptors (Lipinski definition) is 4. The molecule has 4 nitrogen and oxygen atoms in total. The Morgan fingerprint density at radius 1 is 1.24 bits per heavy atom. The highest BCUT2D eigenvalue weighted by Crippen LogP contribution is 2.35. The fraction of sp³-hybridized carbons (Fsp3) is 1.00.